The average molecular weight is 193 g/mol. The summed E-state index contributed by atoms with van der Waals surface area (Å²) >= 11 is 5.29. The Morgan fingerprint density at radius 3 is 2.17 bits per heavy atom. The van der Waals surface area contributed by atoms with Crippen LogP contribution in [0, 0.1) is 11.8 Å². The molecule has 70 valence electrons. The van der Waals surface area contributed by atoms with Crippen molar-refractivity contribution in [2.45, 2.75) is 20.8 Å². The van der Waals surface area contributed by atoms with Gasteiger partial charge in [0.2, 0.25) is 5.24 Å². The number of carbonyl (C=O) groups excluding carboxylic acids is 2. The van der Waals surface area contributed by atoms with Crippen molar-refractivity contribution in [2.24, 2.45) is 11.8 Å². The molecule has 0 rings (SSSR count). The van der Waals surface area contributed by atoms with Gasteiger partial charge in [-0.1, -0.05) is 13.8 Å². The second-order valence-electron chi connectivity index (χ2n) is 2.96. The molecule has 0 saturated carbocycles. The third kappa shape index (κ3) is 4.34. The minimum atomic E-state index is -0.453. The van der Waals surface area contributed by atoms with E-state index in [1.54, 1.807) is 0 Å². The van der Waals surface area contributed by atoms with E-state index in [4.69, 9.17) is 11.6 Å². The maximum atomic E-state index is 10.8. The number of carbonyl (C=O) groups is 2. The van der Waals surface area contributed by atoms with Crippen LogP contribution in [0.1, 0.15) is 20.8 Å². The van der Waals surface area contributed by atoms with Gasteiger partial charge < -0.3 is 4.74 Å². The van der Waals surface area contributed by atoms with Crippen LogP contribution in [0.3, 0.4) is 0 Å². The Labute approximate surface area is 77.0 Å². The summed E-state index contributed by atoms with van der Waals surface area (Å²) in [6.45, 7) is 5.09. The molecule has 0 fully saturated rings. The molecule has 0 aromatic rings. The number of ether oxygens (including phenoxy) is 1. The molecular weight excluding hydrogens is 180 g/mol. The van der Waals surface area contributed by atoms with Crippen molar-refractivity contribution >= 4 is 22.8 Å². The standard InChI is InChI=1S/C8H13ClO3/c1-5(2)7(8(9)11)4-12-6(3)10/h5,7H,4H2,1-3H3/t7-/m0/s1. The fourth-order valence-corrected chi connectivity index (χ4v) is 1.04. The van der Waals surface area contributed by atoms with Gasteiger partial charge in [0.1, 0.15) is 6.61 Å². The molecule has 0 saturated heterocycles. The van der Waals surface area contributed by atoms with E-state index >= 15 is 0 Å². The fourth-order valence-electron chi connectivity index (χ4n) is 0.727. The van der Waals surface area contributed by atoms with Crippen LogP contribution in [0.2, 0.25) is 0 Å². The summed E-state index contributed by atoms with van der Waals surface area (Å²) < 4.78 is 4.68. The van der Waals surface area contributed by atoms with Gasteiger partial charge in [0, 0.05) is 6.92 Å². The molecule has 0 radical (unpaired) electrons. The lowest BCUT2D eigenvalue weighted by atomic mass is 9.98. The van der Waals surface area contributed by atoms with Crippen LogP contribution in [0.4, 0.5) is 0 Å². The molecule has 0 unspecified atom stereocenters. The molecule has 3 nitrogen and oxygen atoms in total. The van der Waals surface area contributed by atoms with Gasteiger partial charge in [-0.15, -0.1) is 0 Å². The molecule has 0 heterocycles. The van der Waals surface area contributed by atoms with Gasteiger partial charge in [0.05, 0.1) is 5.92 Å². The van der Waals surface area contributed by atoms with E-state index in [0.717, 1.165) is 0 Å². The van der Waals surface area contributed by atoms with Crippen LogP contribution in [-0.2, 0) is 14.3 Å². The lowest BCUT2D eigenvalue weighted by Gasteiger charge is -2.15. The highest BCUT2D eigenvalue weighted by molar-refractivity contribution is 6.64. The SMILES string of the molecule is CC(=O)OC[C@H](C(=O)Cl)C(C)C. The first-order chi connectivity index (χ1) is 5.45. The van der Waals surface area contributed by atoms with Crippen LogP contribution in [0.25, 0.3) is 0 Å². The Balaban J connectivity index is 3.97. The Morgan fingerprint density at radius 1 is 1.42 bits per heavy atom. The average Bonchev–Trinajstić information content (AvgIpc) is 1.84. The molecule has 4 heteroatoms. The van der Waals surface area contributed by atoms with E-state index in [1.807, 2.05) is 13.8 Å². The second kappa shape index (κ2) is 5.14. The lowest BCUT2D eigenvalue weighted by Crippen LogP contribution is -2.23. The molecule has 0 amide bonds. The first-order valence-electron chi connectivity index (χ1n) is 3.77. The van der Waals surface area contributed by atoms with Crippen molar-refractivity contribution in [3.63, 3.8) is 0 Å². The van der Waals surface area contributed by atoms with Gasteiger partial charge >= 0.3 is 5.97 Å². The predicted molar refractivity (Wildman–Crippen MR) is 45.8 cm³/mol. The number of rotatable bonds is 4. The summed E-state index contributed by atoms with van der Waals surface area (Å²) in [6, 6.07) is 0. The van der Waals surface area contributed by atoms with Gasteiger partial charge in [-0.05, 0) is 17.5 Å². The molecule has 0 spiro atoms. The highest BCUT2D eigenvalue weighted by atomic mass is 35.5. The molecule has 0 aliphatic carbocycles. The zero-order valence-electron chi connectivity index (χ0n) is 7.46. The minimum absolute atomic E-state index is 0.0787. The number of hydrogen-bond acceptors (Lipinski definition) is 3. The zero-order valence-corrected chi connectivity index (χ0v) is 8.22. The summed E-state index contributed by atoms with van der Waals surface area (Å²) in [5, 5.41) is -0.453. The predicted octanol–water partition coefficient (Wildman–Crippen LogP) is 1.59. The Kier molecular flexibility index (Phi) is 4.90. The first-order valence-corrected chi connectivity index (χ1v) is 4.15. The smallest absolute Gasteiger partial charge is 0.302 e. The molecule has 0 aromatic carbocycles. The monoisotopic (exact) mass is 192 g/mol. The Hall–Kier alpha value is -0.570. The molecule has 0 aliphatic heterocycles. The highest BCUT2D eigenvalue weighted by Gasteiger charge is 2.21. The summed E-state index contributed by atoms with van der Waals surface area (Å²) in [5.74, 6) is -0.691. The summed E-state index contributed by atoms with van der Waals surface area (Å²) in [5.41, 5.74) is 0. The van der Waals surface area contributed by atoms with Gasteiger partial charge in [-0.2, -0.15) is 0 Å². The molecule has 1 atom stereocenters. The fraction of sp³-hybridized carbons (Fsp3) is 0.750. The molecule has 0 aliphatic rings. The largest absolute Gasteiger partial charge is 0.465 e. The molecule has 0 bridgehead atoms. The first kappa shape index (κ1) is 11.4. The van der Waals surface area contributed by atoms with Crippen molar-refractivity contribution in [1.29, 1.82) is 0 Å². The van der Waals surface area contributed by atoms with E-state index in [2.05, 4.69) is 4.74 Å². The van der Waals surface area contributed by atoms with E-state index in [1.165, 1.54) is 6.92 Å². The normalized spacial score (nSPS) is 12.8. The molecule has 0 aromatic heterocycles. The summed E-state index contributed by atoms with van der Waals surface area (Å²) in [6.07, 6.45) is 0. The Bertz CT molecular complexity index is 177. The van der Waals surface area contributed by atoms with Gasteiger partial charge in [0.25, 0.3) is 0 Å². The number of hydrogen-bond donors (Lipinski definition) is 0. The van der Waals surface area contributed by atoms with Crippen LogP contribution >= 0.6 is 11.6 Å². The van der Waals surface area contributed by atoms with E-state index < -0.39 is 17.1 Å². The van der Waals surface area contributed by atoms with Gasteiger partial charge in [-0.25, -0.2) is 0 Å². The maximum absolute atomic E-state index is 10.8. The third-order valence-electron chi connectivity index (χ3n) is 1.56. The molecular formula is C8H13ClO3. The lowest BCUT2D eigenvalue weighted by molar-refractivity contribution is -0.143. The van der Waals surface area contributed by atoms with E-state index in [9.17, 15) is 9.59 Å². The summed E-state index contributed by atoms with van der Waals surface area (Å²) in [4.78, 5) is 21.2. The Morgan fingerprint density at radius 2 is 1.92 bits per heavy atom. The van der Waals surface area contributed by atoms with E-state index in [-0.39, 0.29) is 12.5 Å². The van der Waals surface area contributed by atoms with Crippen molar-refractivity contribution in [3.05, 3.63) is 0 Å². The van der Waals surface area contributed by atoms with Crippen LogP contribution in [0.5, 0.6) is 0 Å². The van der Waals surface area contributed by atoms with Crippen molar-refractivity contribution < 1.29 is 14.3 Å². The second-order valence-corrected chi connectivity index (χ2v) is 3.33. The molecule has 0 N–H and O–H groups in total. The van der Waals surface area contributed by atoms with Gasteiger partial charge in [0.15, 0.2) is 0 Å². The number of esters is 1. The maximum Gasteiger partial charge on any atom is 0.302 e. The van der Waals surface area contributed by atoms with Crippen molar-refractivity contribution in [3.8, 4) is 0 Å². The molecule has 12 heavy (non-hydrogen) atoms. The van der Waals surface area contributed by atoms with Crippen LogP contribution < -0.4 is 0 Å². The number of halogens is 1. The van der Waals surface area contributed by atoms with E-state index in [0.29, 0.717) is 0 Å². The summed E-state index contributed by atoms with van der Waals surface area (Å²) in [7, 11) is 0. The van der Waals surface area contributed by atoms with Crippen molar-refractivity contribution in [2.75, 3.05) is 6.61 Å². The quantitative estimate of drug-likeness (QED) is 0.502. The van der Waals surface area contributed by atoms with Crippen LogP contribution in [-0.4, -0.2) is 17.8 Å². The van der Waals surface area contributed by atoms with Crippen molar-refractivity contribution in [1.82, 2.24) is 0 Å². The van der Waals surface area contributed by atoms with Gasteiger partial charge in [-0.3, -0.25) is 9.59 Å². The zero-order chi connectivity index (χ0) is 9.72. The topological polar surface area (TPSA) is 43.4 Å². The highest BCUT2D eigenvalue weighted by Crippen LogP contribution is 2.14. The minimum Gasteiger partial charge on any atom is -0.465 e. The third-order valence-corrected chi connectivity index (χ3v) is 1.84. The van der Waals surface area contributed by atoms with Crippen LogP contribution in [0.15, 0.2) is 0 Å².